The van der Waals surface area contributed by atoms with Gasteiger partial charge in [-0.15, -0.1) is 0 Å². The van der Waals surface area contributed by atoms with Crippen LogP contribution in [-0.4, -0.2) is 68.5 Å². The quantitative estimate of drug-likeness (QED) is 0.447. The van der Waals surface area contributed by atoms with Crippen molar-refractivity contribution >= 4 is 37.9 Å². The highest BCUT2D eigenvalue weighted by Gasteiger charge is 2.22. The maximum absolute atomic E-state index is 13.3. The third-order valence-electron chi connectivity index (χ3n) is 6.51. The number of nitrogens with zero attached hydrogens (tertiary/aromatic N) is 4. The molecule has 2 heterocycles. The van der Waals surface area contributed by atoms with E-state index in [1.807, 2.05) is 48.5 Å². The molecule has 186 valence electrons. The van der Waals surface area contributed by atoms with Gasteiger partial charge in [0, 0.05) is 43.8 Å². The van der Waals surface area contributed by atoms with Gasteiger partial charge >= 0.3 is 0 Å². The Morgan fingerprint density at radius 1 is 0.917 bits per heavy atom. The Labute approximate surface area is 211 Å². The number of hydrogen-bond acceptors (Lipinski definition) is 6. The smallest absolute Gasteiger partial charge is 0.274 e. The van der Waals surface area contributed by atoms with Gasteiger partial charge in [-0.2, -0.15) is 5.10 Å². The van der Waals surface area contributed by atoms with Gasteiger partial charge in [-0.1, -0.05) is 24.3 Å². The number of piperazine rings is 1. The van der Waals surface area contributed by atoms with E-state index >= 15 is 0 Å². The van der Waals surface area contributed by atoms with Gasteiger partial charge in [0.15, 0.2) is 9.84 Å². The molecule has 1 fully saturated rings. The minimum Gasteiger partial charge on any atom is -0.369 e. The van der Waals surface area contributed by atoms with E-state index in [1.165, 1.54) is 10.9 Å². The molecule has 4 aromatic rings. The molecule has 1 aliphatic heterocycles. The standard InChI is InChI=1S/C27H29N5O3S/c1-19-16-25(27(33)28-22-8-10-23(11-9-22)31-14-12-30(2)13-15-31)32(29-19)24-17-20-6-4-5-7-21(20)18-26(24)36(3,34)35/h4-11,16-18H,12-15H2,1-3H3,(H,28,33). The number of rotatable bonds is 5. The van der Waals surface area contributed by atoms with Crippen molar-refractivity contribution < 1.29 is 13.2 Å². The molecule has 0 saturated carbocycles. The number of benzene rings is 3. The van der Waals surface area contributed by atoms with Gasteiger partial charge in [0.25, 0.3) is 5.91 Å². The topological polar surface area (TPSA) is 87.5 Å². The molecule has 0 radical (unpaired) electrons. The molecular weight excluding hydrogens is 474 g/mol. The normalized spacial score (nSPS) is 14.8. The van der Waals surface area contributed by atoms with E-state index < -0.39 is 9.84 Å². The first kappa shape index (κ1) is 24.0. The minimum atomic E-state index is -3.58. The lowest BCUT2D eigenvalue weighted by atomic mass is 10.1. The van der Waals surface area contributed by atoms with Crippen LogP contribution in [0.4, 0.5) is 11.4 Å². The van der Waals surface area contributed by atoms with Gasteiger partial charge in [-0.3, -0.25) is 4.79 Å². The van der Waals surface area contributed by atoms with Gasteiger partial charge in [0.1, 0.15) is 5.69 Å². The van der Waals surface area contributed by atoms with E-state index in [2.05, 4.69) is 27.3 Å². The summed E-state index contributed by atoms with van der Waals surface area (Å²) in [6.45, 7) is 5.75. The average Bonchev–Trinajstić information content (AvgIpc) is 3.25. The number of aromatic nitrogens is 2. The van der Waals surface area contributed by atoms with Crippen molar-refractivity contribution in [1.29, 1.82) is 0 Å². The molecule has 8 nitrogen and oxygen atoms in total. The summed E-state index contributed by atoms with van der Waals surface area (Å²) in [4.78, 5) is 18.1. The number of sulfone groups is 1. The van der Waals surface area contributed by atoms with Crippen molar-refractivity contribution in [1.82, 2.24) is 14.7 Å². The fourth-order valence-electron chi connectivity index (χ4n) is 4.53. The lowest BCUT2D eigenvalue weighted by molar-refractivity contribution is 0.101. The highest BCUT2D eigenvalue weighted by atomic mass is 32.2. The SMILES string of the molecule is Cc1cc(C(=O)Nc2ccc(N3CCN(C)CC3)cc2)n(-c2cc3ccccc3cc2S(C)(=O)=O)n1. The van der Waals surface area contributed by atoms with Crippen LogP contribution >= 0.6 is 0 Å². The van der Waals surface area contributed by atoms with Crippen LogP contribution in [0, 0.1) is 6.92 Å². The predicted octanol–water partition coefficient (Wildman–Crippen LogP) is 3.74. The number of likely N-dealkylation sites (N-methyl/N-ethyl adjacent to an activating group) is 1. The molecule has 0 bridgehead atoms. The van der Waals surface area contributed by atoms with Crippen molar-refractivity contribution in [3.8, 4) is 5.69 Å². The minimum absolute atomic E-state index is 0.120. The molecule has 1 saturated heterocycles. The highest BCUT2D eigenvalue weighted by Crippen LogP contribution is 2.28. The summed E-state index contributed by atoms with van der Waals surface area (Å²) in [5.41, 5.74) is 3.00. The molecule has 36 heavy (non-hydrogen) atoms. The lowest BCUT2D eigenvalue weighted by Crippen LogP contribution is -2.44. The first-order chi connectivity index (χ1) is 17.2. The van der Waals surface area contributed by atoms with Crippen molar-refractivity contribution in [3.05, 3.63) is 78.1 Å². The monoisotopic (exact) mass is 503 g/mol. The Bertz CT molecular complexity index is 1540. The number of hydrogen-bond donors (Lipinski definition) is 1. The number of anilines is 2. The summed E-state index contributed by atoms with van der Waals surface area (Å²) in [5.74, 6) is -0.365. The van der Waals surface area contributed by atoms with Crippen molar-refractivity contribution in [2.75, 3.05) is 49.7 Å². The van der Waals surface area contributed by atoms with Crippen LogP contribution < -0.4 is 10.2 Å². The van der Waals surface area contributed by atoms with E-state index in [-0.39, 0.29) is 16.5 Å². The number of carbonyl (C=O) groups is 1. The molecule has 0 atom stereocenters. The molecule has 9 heteroatoms. The number of carbonyl (C=O) groups excluding carboxylic acids is 1. The second kappa shape index (κ2) is 9.40. The third-order valence-corrected chi connectivity index (χ3v) is 7.64. The Morgan fingerprint density at radius 2 is 1.56 bits per heavy atom. The molecule has 0 unspecified atom stereocenters. The summed E-state index contributed by atoms with van der Waals surface area (Å²) in [7, 11) is -1.46. The molecule has 1 aliphatic rings. The van der Waals surface area contributed by atoms with Crippen LogP contribution in [-0.2, 0) is 9.84 Å². The summed E-state index contributed by atoms with van der Waals surface area (Å²) in [6.07, 6.45) is 1.17. The molecule has 1 N–H and O–H groups in total. The average molecular weight is 504 g/mol. The summed E-state index contributed by atoms with van der Waals surface area (Å²) < 4.78 is 26.8. The zero-order chi connectivity index (χ0) is 25.4. The summed E-state index contributed by atoms with van der Waals surface area (Å²) in [6, 6.07) is 20.4. The van der Waals surface area contributed by atoms with E-state index in [4.69, 9.17) is 0 Å². The van der Waals surface area contributed by atoms with Crippen molar-refractivity contribution in [3.63, 3.8) is 0 Å². The number of amides is 1. The van der Waals surface area contributed by atoms with E-state index in [9.17, 15) is 13.2 Å². The molecule has 1 aromatic heterocycles. The van der Waals surface area contributed by atoms with Crippen molar-refractivity contribution in [2.24, 2.45) is 0 Å². The molecule has 0 spiro atoms. The molecule has 1 amide bonds. The Balaban J connectivity index is 1.46. The van der Waals surface area contributed by atoms with Gasteiger partial charge in [0.05, 0.1) is 16.3 Å². The van der Waals surface area contributed by atoms with E-state index in [1.54, 1.807) is 25.1 Å². The van der Waals surface area contributed by atoms with Gasteiger partial charge in [-0.05, 0) is 67.2 Å². The molecular formula is C27H29N5O3S. The first-order valence-electron chi connectivity index (χ1n) is 11.8. The first-order valence-corrected chi connectivity index (χ1v) is 13.7. The molecule has 5 rings (SSSR count). The lowest BCUT2D eigenvalue weighted by Gasteiger charge is -2.34. The second-order valence-electron chi connectivity index (χ2n) is 9.31. The maximum atomic E-state index is 13.3. The van der Waals surface area contributed by atoms with Crippen LogP contribution in [0.5, 0.6) is 0 Å². The number of nitrogens with one attached hydrogen (secondary N) is 1. The summed E-state index contributed by atoms with van der Waals surface area (Å²) in [5, 5.41) is 9.09. The number of fused-ring (bicyclic) bond motifs is 1. The third kappa shape index (κ3) is 4.84. The fraction of sp³-hybridized carbons (Fsp3) is 0.259. The second-order valence-corrected chi connectivity index (χ2v) is 11.3. The molecule has 0 aliphatic carbocycles. The van der Waals surface area contributed by atoms with Crippen LogP contribution in [0.3, 0.4) is 0 Å². The van der Waals surface area contributed by atoms with Gasteiger partial charge < -0.3 is 15.1 Å². The van der Waals surface area contributed by atoms with Gasteiger partial charge in [0.2, 0.25) is 0 Å². The Morgan fingerprint density at radius 3 is 2.19 bits per heavy atom. The highest BCUT2D eigenvalue weighted by molar-refractivity contribution is 7.90. The Hall–Kier alpha value is -3.69. The fourth-order valence-corrected chi connectivity index (χ4v) is 5.40. The number of aryl methyl sites for hydroxylation is 1. The summed E-state index contributed by atoms with van der Waals surface area (Å²) >= 11 is 0. The van der Waals surface area contributed by atoms with Gasteiger partial charge in [-0.25, -0.2) is 13.1 Å². The molecule has 3 aromatic carbocycles. The van der Waals surface area contributed by atoms with Crippen molar-refractivity contribution in [2.45, 2.75) is 11.8 Å². The Kier molecular flexibility index (Phi) is 6.27. The zero-order valence-corrected chi connectivity index (χ0v) is 21.4. The maximum Gasteiger partial charge on any atom is 0.274 e. The van der Waals surface area contributed by atoms with Crippen LogP contribution in [0.15, 0.2) is 71.6 Å². The van der Waals surface area contributed by atoms with Crippen LogP contribution in [0.1, 0.15) is 16.2 Å². The largest absolute Gasteiger partial charge is 0.369 e. The van der Waals surface area contributed by atoms with Crippen LogP contribution in [0.2, 0.25) is 0 Å². The predicted molar refractivity (Wildman–Crippen MR) is 143 cm³/mol. The van der Waals surface area contributed by atoms with E-state index in [0.29, 0.717) is 17.1 Å². The van der Waals surface area contributed by atoms with Crippen LogP contribution in [0.25, 0.3) is 16.5 Å². The zero-order valence-electron chi connectivity index (χ0n) is 20.6. The van der Waals surface area contributed by atoms with E-state index in [0.717, 1.165) is 42.6 Å².